The normalized spacial score (nSPS) is 11.7. The van der Waals surface area contributed by atoms with E-state index in [1.54, 1.807) is 0 Å². The second-order valence-electron chi connectivity index (χ2n) is 12.2. The minimum Gasteiger partial charge on any atom is -0.456 e. The fourth-order valence-electron chi connectivity index (χ4n) is 7.04. The lowest BCUT2D eigenvalue weighted by Gasteiger charge is -2.13. The molecule has 0 saturated heterocycles. The third kappa shape index (κ3) is 4.48. The van der Waals surface area contributed by atoms with Gasteiger partial charge in [-0.25, -0.2) is 15.0 Å². The van der Waals surface area contributed by atoms with Crippen LogP contribution in [0.25, 0.3) is 99.7 Å². The van der Waals surface area contributed by atoms with Gasteiger partial charge in [-0.2, -0.15) is 0 Å². The van der Waals surface area contributed by atoms with E-state index >= 15 is 0 Å². The fourth-order valence-corrected chi connectivity index (χ4v) is 7.04. The van der Waals surface area contributed by atoms with Crippen LogP contribution in [0.1, 0.15) is 0 Å². The van der Waals surface area contributed by atoms with Crippen molar-refractivity contribution in [2.75, 3.05) is 0 Å². The first-order valence-electron chi connectivity index (χ1n) is 16.3. The van der Waals surface area contributed by atoms with Gasteiger partial charge in [0.1, 0.15) is 11.2 Å². The zero-order valence-electron chi connectivity index (χ0n) is 26.2. The van der Waals surface area contributed by atoms with E-state index < -0.39 is 0 Å². The highest BCUT2D eigenvalue weighted by Gasteiger charge is 2.20. The number of nitrogens with zero attached hydrogens (tertiary/aromatic N) is 4. The van der Waals surface area contributed by atoms with Crippen LogP contribution in [0.4, 0.5) is 0 Å². The first-order chi connectivity index (χ1) is 24.3. The van der Waals surface area contributed by atoms with Gasteiger partial charge < -0.3 is 4.42 Å². The van der Waals surface area contributed by atoms with Crippen LogP contribution in [-0.4, -0.2) is 19.9 Å². The maximum Gasteiger partial charge on any atom is 0.166 e. The molecule has 0 fully saturated rings. The quantitative estimate of drug-likeness (QED) is 0.182. The van der Waals surface area contributed by atoms with Gasteiger partial charge in [0.2, 0.25) is 0 Å². The molecule has 0 aliphatic carbocycles. The smallest absolute Gasteiger partial charge is 0.166 e. The second-order valence-corrected chi connectivity index (χ2v) is 12.2. The highest BCUT2D eigenvalue weighted by Crippen LogP contribution is 2.40. The summed E-state index contributed by atoms with van der Waals surface area (Å²) in [6.07, 6.45) is 1.94. The molecule has 0 aliphatic heterocycles. The van der Waals surface area contributed by atoms with Gasteiger partial charge in [0.05, 0.1) is 5.52 Å². The number of fused-ring (bicyclic) bond motifs is 8. The van der Waals surface area contributed by atoms with Gasteiger partial charge in [-0.05, 0) is 51.6 Å². The molecule has 5 nitrogen and oxygen atoms in total. The first-order valence-corrected chi connectivity index (χ1v) is 16.3. The van der Waals surface area contributed by atoms with Crippen LogP contribution in [0.15, 0.2) is 162 Å². The molecule has 0 amide bonds. The Morgan fingerprint density at radius 2 is 1.04 bits per heavy atom. The predicted octanol–water partition coefficient (Wildman–Crippen LogP) is 11.3. The average molecular weight is 627 g/mol. The minimum absolute atomic E-state index is 0.568. The van der Waals surface area contributed by atoms with E-state index in [1.807, 2.05) is 54.7 Å². The number of aromatic nitrogens is 4. The SMILES string of the molecule is c1ccc(-c2ccc3c(c2)oc2cccc(-c4nc(-c5ccccc5)nc(-c5cc6ccccc6c6c5ncc5ccccc56)n4)c23)cc1. The number of benzene rings is 7. The van der Waals surface area contributed by atoms with Crippen LogP contribution >= 0.6 is 0 Å². The lowest BCUT2D eigenvalue weighted by atomic mass is 9.96. The molecular formula is C44H26N4O. The van der Waals surface area contributed by atoms with Crippen LogP contribution in [0.2, 0.25) is 0 Å². The molecule has 5 heteroatoms. The molecule has 0 spiro atoms. The summed E-state index contributed by atoms with van der Waals surface area (Å²) in [7, 11) is 0. The van der Waals surface area contributed by atoms with Crippen molar-refractivity contribution >= 4 is 54.4 Å². The van der Waals surface area contributed by atoms with Crippen LogP contribution in [0.5, 0.6) is 0 Å². The molecule has 10 rings (SSSR count). The summed E-state index contributed by atoms with van der Waals surface area (Å²) in [5.41, 5.74) is 7.35. The number of furan rings is 1. The summed E-state index contributed by atoms with van der Waals surface area (Å²) >= 11 is 0. The maximum atomic E-state index is 6.47. The van der Waals surface area contributed by atoms with E-state index in [4.69, 9.17) is 24.4 Å². The van der Waals surface area contributed by atoms with Gasteiger partial charge in [-0.15, -0.1) is 0 Å². The highest BCUT2D eigenvalue weighted by atomic mass is 16.3. The van der Waals surface area contributed by atoms with Gasteiger partial charge in [0.15, 0.2) is 17.5 Å². The fraction of sp³-hybridized carbons (Fsp3) is 0. The Hall–Kier alpha value is -6.72. The van der Waals surface area contributed by atoms with E-state index in [9.17, 15) is 0 Å². The van der Waals surface area contributed by atoms with E-state index in [0.29, 0.717) is 17.5 Å². The van der Waals surface area contributed by atoms with Gasteiger partial charge in [-0.1, -0.05) is 127 Å². The minimum atomic E-state index is 0.568. The average Bonchev–Trinajstić information content (AvgIpc) is 3.56. The van der Waals surface area contributed by atoms with Crippen molar-refractivity contribution in [2.24, 2.45) is 0 Å². The Bertz CT molecular complexity index is 2860. The molecule has 3 aromatic heterocycles. The number of hydrogen-bond donors (Lipinski definition) is 0. The number of hydrogen-bond acceptors (Lipinski definition) is 5. The standard InChI is InChI=1S/C44H26N4O/c1-3-12-27(13-4-1)29-22-23-34-38(25-29)49-37-21-11-20-35(39(34)37)43-46-42(28-14-5-2-6-15-28)47-44(48-43)36-24-30-16-7-9-18-32(30)40-33-19-10-8-17-31(33)26-45-41(36)40/h1-26H. The molecule has 49 heavy (non-hydrogen) atoms. The molecule has 10 aromatic rings. The van der Waals surface area contributed by atoms with Crippen LogP contribution in [0, 0.1) is 0 Å². The topological polar surface area (TPSA) is 64.7 Å². The van der Waals surface area contributed by atoms with Crippen LogP contribution < -0.4 is 0 Å². The van der Waals surface area contributed by atoms with Crippen molar-refractivity contribution in [2.45, 2.75) is 0 Å². The summed E-state index contributed by atoms with van der Waals surface area (Å²) in [5, 5.41) is 7.56. The Balaban J connectivity index is 1.25. The molecule has 7 aromatic carbocycles. The van der Waals surface area contributed by atoms with Gasteiger partial charge in [0, 0.05) is 44.4 Å². The Morgan fingerprint density at radius 1 is 0.388 bits per heavy atom. The molecule has 3 heterocycles. The van der Waals surface area contributed by atoms with Crippen molar-refractivity contribution in [1.82, 2.24) is 19.9 Å². The van der Waals surface area contributed by atoms with Crippen molar-refractivity contribution < 1.29 is 4.42 Å². The third-order valence-corrected chi connectivity index (χ3v) is 9.34. The summed E-state index contributed by atoms with van der Waals surface area (Å²) in [6.45, 7) is 0. The lowest BCUT2D eigenvalue weighted by molar-refractivity contribution is 0.669. The molecular weight excluding hydrogens is 601 g/mol. The number of pyridine rings is 1. The van der Waals surface area contributed by atoms with E-state index in [-0.39, 0.29) is 0 Å². The van der Waals surface area contributed by atoms with Crippen LogP contribution in [0.3, 0.4) is 0 Å². The molecule has 0 bridgehead atoms. The van der Waals surface area contributed by atoms with E-state index in [2.05, 4.69) is 103 Å². The maximum absolute atomic E-state index is 6.47. The molecule has 228 valence electrons. The molecule has 0 N–H and O–H groups in total. The Morgan fingerprint density at radius 3 is 1.84 bits per heavy atom. The van der Waals surface area contributed by atoms with Crippen molar-refractivity contribution in [1.29, 1.82) is 0 Å². The van der Waals surface area contributed by atoms with Crippen molar-refractivity contribution in [3.05, 3.63) is 158 Å². The van der Waals surface area contributed by atoms with E-state index in [1.165, 1.54) is 0 Å². The summed E-state index contributed by atoms with van der Waals surface area (Å²) < 4.78 is 6.47. The monoisotopic (exact) mass is 626 g/mol. The van der Waals surface area contributed by atoms with Crippen LogP contribution in [-0.2, 0) is 0 Å². The number of rotatable bonds is 4. The third-order valence-electron chi connectivity index (χ3n) is 9.34. The predicted molar refractivity (Wildman–Crippen MR) is 199 cm³/mol. The van der Waals surface area contributed by atoms with E-state index in [0.717, 1.165) is 82.2 Å². The zero-order valence-corrected chi connectivity index (χ0v) is 26.2. The molecule has 0 radical (unpaired) electrons. The summed E-state index contributed by atoms with van der Waals surface area (Å²) in [4.78, 5) is 20.5. The van der Waals surface area contributed by atoms with Gasteiger partial charge >= 0.3 is 0 Å². The first kappa shape index (κ1) is 27.4. The van der Waals surface area contributed by atoms with Crippen molar-refractivity contribution in [3.8, 4) is 45.3 Å². The summed E-state index contributed by atoms with van der Waals surface area (Å²) in [6, 6.07) is 51.9. The highest BCUT2D eigenvalue weighted by molar-refractivity contribution is 6.22. The Labute approximate surface area is 281 Å². The molecule has 0 atom stereocenters. The van der Waals surface area contributed by atoms with Gasteiger partial charge in [-0.3, -0.25) is 4.98 Å². The lowest BCUT2D eigenvalue weighted by Crippen LogP contribution is -2.01. The molecule has 0 saturated carbocycles. The largest absolute Gasteiger partial charge is 0.456 e. The molecule has 0 aliphatic rings. The van der Waals surface area contributed by atoms with Gasteiger partial charge in [0.25, 0.3) is 0 Å². The second kappa shape index (κ2) is 10.9. The zero-order chi connectivity index (χ0) is 32.3. The Kier molecular flexibility index (Phi) is 6.11. The van der Waals surface area contributed by atoms with Crippen molar-refractivity contribution in [3.63, 3.8) is 0 Å². The summed E-state index contributed by atoms with van der Waals surface area (Å²) in [5.74, 6) is 1.74. The molecule has 0 unspecified atom stereocenters.